The lowest BCUT2D eigenvalue weighted by Gasteiger charge is -2.29. The van der Waals surface area contributed by atoms with Gasteiger partial charge in [0.05, 0.1) is 23.3 Å². The number of pyridine rings is 1. The first-order valence-electron chi connectivity index (χ1n) is 12.3. The number of aromatic carboxylic acids is 1. The number of rotatable bonds is 8. The van der Waals surface area contributed by atoms with Gasteiger partial charge in [-0.05, 0) is 73.7 Å². The molecule has 2 aromatic heterocycles. The second-order valence-corrected chi connectivity index (χ2v) is 9.53. The average Bonchev–Trinajstić information content (AvgIpc) is 3.53. The molecule has 5 rings (SSSR count). The maximum Gasteiger partial charge on any atom is 0.335 e. The minimum absolute atomic E-state index is 0.110. The van der Waals surface area contributed by atoms with Gasteiger partial charge in [0.2, 0.25) is 5.91 Å². The first-order valence-corrected chi connectivity index (χ1v) is 12.7. The maximum atomic E-state index is 12.8. The van der Waals surface area contributed by atoms with Crippen LogP contribution >= 0.6 is 12.2 Å². The van der Waals surface area contributed by atoms with E-state index >= 15 is 0 Å². The third-order valence-electron chi connectivity index (χ3n) is 6.57. The highest BCUT2D eigenvalue weighted by Crippen LogP contribution is 2.39. The molecule has 0 bridgehead atoms. The summed E-state index contributed by atoms with van der Waals surface area (Å²) in [6, 6.07) is 23.6. The van der Waals surface area contributed by atoms with Crippen LogP contribution in [-0.4, -0.2) is 43.1 Å². The predicted molar refractivity (Wildman–Crippen MR) is 149 cm³/mol. The van der Waals surface area contributed by atoms with Gasteiger partial charge in [-0.25, -0.2) is 4.79 Å². The van der Waals surface area contributed by atoms with Gasteiger partial charge in [0.15, 0.2) is 5.11 Å². The van der Waals surface area contributed by atoms with Gasteiger partial charge in [-0.15, -0.1) is 0 Å². The van der Waals surface area contributed by atoms with E-state index in [-0.39, 0.29) is 30.0 Å². The van der Waals surface area contributed by atoms with Crippen LogP contribution in [-0.2, 0) is 4.79 Å². The summed E-state index contributed by atoms with van der Waals surface area (Å²) in [5.74, 6) is -1.10. The number of aryl methyl sites for hydroxylation is 1. The molecule has 2 aromatic carbocycles. The van der Waals surface area contributed by atoms with E-state index in [1.807, 2.05) is 83.3 Å². The smallest absolute Gasteiger partial charge is 0.335 e. The number of amides is 1. The Morgan fingerprint density at radius 2 is 1.87 bits per heavy atom. The second-order valence-electron chi connectivity index (χ2n) is 9.14. The molecule has 0 aliphatic carbocycles. The minimum Gasteiger partial charge on any atom is -0.478 e. The first kappa shape index (κ1) is 25.2. The zero-order chi connectivity index (χ0) is 26.6. The van der Waals surface area contributed by atoms with Crippen LogP contribution in [0.25, 0.3) is 5.69 Å². The van der Waals surface area contributed by atoms with E-state index in [0.717, 1.165) is 28.3 Å². The van der Waals surface area contributed by atoms with Crippen LogP contribution in [0.5, 0.6) is 0 Å². The normalized spacial score (nSPS) is 16.8. The minimum atomic E-state index is -0.989. The van der Waals surface area contributed by atoms with Gasteiger partial charge in [-0.1, -0.05) is 29.8 Å². The fourth-order valence-corrected chi connectivity index (χ4v) is 5.04. The van der Waals surface area contributed by atoms with Gasteiger partial charge < -0.3 is 25.2 Å². The molecule has 0 saturated carbocycles. The van der Waals surface area contributed by atoms with Gasteiger partial charge >= 0.3 is 5.97 Å². The van der Waals surface area contributed by atoms with Crippen LogP contribution < -0.4 is 10.6 Å². The highest BCUT2D eigenvalue weighted by Gasteiger charge is 2.41. The summed E-state index contributed by atoms with van der Waals surface area (Å²) in [6.45, 7) is 2.39. The molecule has 0 radical (unpaired) electrons. The number of anilines is 1. The van der Waals surface area contributed by atoms with Gasteiger partial charge in [-0.3, -0.25) is 9.78 Å². The van der Waals surface area contributed by atoms with Crippen molar-refractivity contribution < 1.29 is 14.7 Å². The van der Waals surface area contributed by atoms with Gasteiger partial charge in [0.1, 0.15) is 0 Å². The largest absolute Gasteiger partial charge is 0.478 e. The average molecular weight is 526 g/mol. The number of carbonyl (C=O) groups excluding carboxylic acids is 1. The monoisotopic (exact) mass is 525 g/mol. The summed E-state index contributed by atoms with van der Waals surface area (Å²) in [5.41, 5.74) is 4.51. The molecule has 2 atom stereocenters. The lowest BCUT2D eigenvalue weighted by molar-refractivity contribution is -0.116. The van der Waals surface area contributed by atoms with E-state index in [0.29, 0.717) is 11.7 Å². The standard InChI is InChI=1S/C29H27N5O3S/c1-19-10-12-21(13-11-19)31-25(35)14-17-34-27(26(32-29(34)38)23-8-2-3-15-30-23)24-9-5-16-33(24)22-7-4-6-20(18-22)28(36)37/h2-13,15-16,18,26-27H,14,17H2,1H3,(H,31,35)(H,32,38)(H,36,37)/t26-,27-/m0/s1. The van der Waals surface area contributed by atoms with E-state index in [1.54, 1.807) is 24.4 Å². The summed E-state index contributed by atoms with van der Waals surface area (Å²) >= 11 is 5.75. The Morgan fingerprint density at radius 1 is 1.05 bits per heavy atom. The number of thiocarbonyl (C=S) groups is 1. The number of hydrogen-bond donors (Lipinski definition) is 3. The molecular weight excluding hydrogens is 498 g/mol. The SMILES string of the molecule is Cc1ccc(NC(=O)CCN2C(=S)N[C@@H](c3ccccn3)[C@@H]2c2cccn2-c2cccc(C(=O)O)c2)cc1. The number of nitrogens with zero attached hydrogens (tertiary/aromatic N) is 3. The van der Waals surface area contributed by atoms with E-state index in [9.17, 15) is 14.7 Å². The topological polar surface area (TPSA) is 99.5 Å². The summed E-state index contributed by atoms with van der Waals surface area (Å²) in [6.07, 6.45) is 3.87. The quantitative estimate of drug-likeness (QED) is 0.282. The Kier molecular flexibility index (Phi) is 7.19. The third-order valence-corrected chi connectivity index (χ3v) is 6.92. The fraction of sp³-hybridized carbons (Fsp3) is 0.172. The Balaban J connectivity index is 1.45. The molecule has 8 nitrogen and oxygen atoms in total. The number of benzene rings is 2. The number of carboxylic acid groups (broad SMARTS) is 1. The molecular formula is C29H27N5O3S. The zero-order valence-electron chi connectivity index (χ0n) is 20.7. The molecule has 1 amide bonds. The van der Waals surface area contributed by atoms with Gasteiger partial charge in [0.25, 0.3) is 0 Å². The van der Waals surface area contributed by atoms with Crippen molar-refractivity contribution in [2.75, 3.05) is 11.9 Å². The Bertz CT molecular complexity index is 1470. The van der Waals surface area contributed by atoms with Crippen LogP contribution in [0.4, 0.5) is 5.69 Å². The fourth-order valence-electron chi connectivity index (χ4n) is 4.71. The summed E-state index contributed by atoms with van der Waals surface area (Å²) in [4.78, 5) is 31.0. The van der Waals surface area contributed by atoms with E-state index in [1.165, 1.54) is 0 Å². The van der Waals surface area contributed by atoms with Crippen molar-refractivity contribution in [1.82, 2.24) is 19.8 Å². The molecule has 1 fully saturated rings. The molecule has 1 aliphatic rings. The summed E-state index contributed by atoms with van der Waals surface area (Å²) in [5, 5.41) is 16.4. The molecule has 38 heavy (non-hydrogen) atoms. The second kappa shape index (κ2) is 10.9. The highest BCUT2D eigenvalue weighted by atomic mass is 32.1. The van der Waals surface area contributed by atoms with Crippen molar-refractivity contribution in [1.29, 1.82) is 0 Å². The lowest BCUT2D eigenvalue weighted by atomic mass is 10.0. The van der Waals surface area contributed by atoms with Crippen LogP contribution in [0.15, 0.2) is 91.3 Å². The number of nitrogens with one attached hydrogen (secondary N) is 2. The highest BCUT2D eigenvalue weighted by molar-refractivity contribution is 7.80. The number of carboxylic acids is 1. The van der Waals surface area contributed by atoms with E-state index in [4.69, 9.17) is 12.2 Å². The molecule has 3 heterocycles. The zero-order valence-corrected chi connectivity index (χ0v) is 21.6. The third kappa shape index (κ3) is 5.28. The van der Waals surface area contributed by atoms with Crippen molar-refractivity contribution in [3.8, 4) is 5.69 Å². The Morgan fingerprint density at radius 3 is 2.61 bits per heavy atom. The molecule has 0 unspecified atom stereocenters. The number of aromatic nitrogens is 2. The maximum absolute atomic E-state index is 12.8. The predicted octanol–water partition coefficient (Wildman–Crippen LogP) is 4.88. The molecule has 192 valence electrons. The van der Waals surface area contributed by atoms with Crippen LogP contribution in [0.3, 0.4) is 0 Å². The van der Waals surface area contributed by atoms with Crippen LogP contribution in [0.1, 0.15) is 45.8 Å². The molecule has 1 aliphatic heterocycles. The van der Waals surface area contributed by atoms with E-state index in [2.05, 4.69) is 15.6 Å². The van der Waals surface area contributed by atoms with Gasteiger partial charge in [0, 0.05) is 42.4 Å². The van der Waals surface area contributed by atoms with E-state index < -0.39 is 5.97 Å². The first-order chi connectivity index (χ1) is 18.4. The molecule has 1 saturated heterocycles. The van der Waals surface area contributed by atoms with Crippen molar-refractivity contribution in [3.05, 3.63) is 114 Å². The van der Waals surface area contributed by atoms with Crippen LogP contribution in [0, 0.1) is 6.92 Å². The Hall–Kier alpha value is -4.50. The van der Waals surface area contributed by atoms with Crippen molar-refractivity contribution in [3.63, 3.8) is 0 Å². The summed E-state index contributed by atoms with van der Waals surface area (Å²) < 4.78 is 1.96. The van der Waals surface area contributed by atoms with Crippen molar-refractivity contribution >= 4 is 34.9 Å². The van der Waals surface area contributed by atoms with Gasteiger partial charge in [-0.2, -0.15) is 0 Å². The number of carbonyl (C=O) groups is 2. The van der Waals surface area contributed by atoms with Crippen LogP contribution in [0.2, 0.25) is 0 Å². The summed E-state index contributed by atoms with van der Waals surface area (Å²) in [7, 11) is 0. The van der Waals surface area contributed by atoms with Crippen molar-refractivity contribution in [2.45, 2.75) is 25.4 Å². The Labute approximate surface area is 225 Å². The lowest BCUT2D eigenvalue weighted by Crippen LogP contribution is -2.33. The molecule has 3 N–H and O–H groups in total. The molecule has 9 heteroatoms. The molecule has 4 aromatic rings. The molecule has 0 spiro atoms. The van der Waals surface area contributed by atoms with Crippen molar-refractivity contribution in [2.24, 2.45) is 0 Å². The number of hydrogen-bond acceptors (Lipinski definition) is 4.